The number of nitrogens with two attached hydrogens (primary N) is 1. The fourth-order valence-electron chi connectivity index (χ4n) is 1.43. The molecule has 0 spiro atoms. The second-order valence-corrected chi connectivity index (χ2v) is 4.22. The summed E-state index contributed by atoms with van der Waals surface area (Å²) >= 11 is 6.18. The first-order valence-corrected chi connectivity index (χ1v) is 5.70. The zero-order valence-corrected chi connectivity index (χ0v) is 11.0. The van der Waals surface area contributed by atoms with Gasteiger partial charge in [0.15, 0.2) is 0 Å². The first kappa shape index (κ1) is 13.6. The SMILES string of the molecule is C=C/C=C(/Cl)N(Cc1ccccc1N)N(C)C. The summed E-state index contributed by atoms with van der Waals surface area (Å²) in [5, 5.41) is 4.43. The summed E-state index contributed by atoms with van der Waals surface area (Å²) in [4.78, 5) is 0. The number of benzene rings is 1. The van der Waals surface area contributed by atoms with Gasteiger partial charge in [0.05, 0.1) is 6.54 Å². The van der Waals surface area contributed by atoms with Crippen molar-refractivity contribution in [3.8, 4) is 0 Å². The Hall–Kier alpha value is -1.45. The molecule has 0 fully saturated rings. The van der Waals surface area contributed by atoms with Gasteiger partial charge in [-0.2, -0.15) is 0 Å². The first-order valence-electron chi connectivity index (χ1n) is 5.32. The molecule has 1 rings (SSSR count). The van der Waals surface area contributed by atoms with E-state index in [0.29, 0.717) is 11.7 Å². The van der Waals surface area contributed by atoms with E-state index in [4.69, 9.17) is 17.3 Å². The highest BCUT2D eigenvalue weighted by atomic mass is 35.5. The molecule has 1 aromatic carbocycles. The molecule has 0 bridgehead atoms. The van der Waals surface area contributed by atoms with E-state index in [2.05, 4.69) is 6.58 Å². The standard InChI is InChI=1S/C13H18ClN3/c1-4-7-13(14)17(16(2)3)10-11-8-5-6-9-12(11)15/h4-9H,1,10,15H2,2-3H3/b13-7-. The molecule has 0 saturated heterocycles. The van der Waals surface area contributed by atoms with Crippen molar-refractivity contribution in [3.05, 3.63) is 53.7 Å². The van der Waals surface area contributed by atoms with E-state index in [-0.39, 0.29) is 0 Å². The molecular weight excluding hydrogens is 234 g/mol. The van der Waals surface area contributed by atoms with Crippen molar-refractivity contribution in [3.63, 3.8) is 0 Å². The molecule has 0 atom stereocenters. The van der Waals surface area contributed by atoms with Gasteiger partial charge in [0.1, 0.15) is 5.16 Å². The van der Waals surface area contributed by atoms with Crippen molar-refractivity contribution < 1.29 is 0 Å². The largest absolute Gasteiger partial charge is 0.398 e. The Labute approximate surface area is 108 Å². The van der Waals surface area contributed by atoms with Crippen LogP contribution in [0.3, 0.4) is 0 Å². The van der Waals surface area contributed by atoms with Crippen LogP contribution in [-0.2, 0) is 6.54 Å². The minimum Gasteiger partial charge on any atom is -0.398 e. The lowest BCUT2D eigenvalue weighted by atomic mass is 10.2. The molecular formula is C13H18ClN3. The first-order chi connectivity index (χ1) is 8.06. The minimum atomic E-state index is 0.605. The lowest BCUT2D eigenvalue weighted by Crippen LogP contribution is -2.34. The highest BCUT2D eigenvalue weighted by molar-refractivity contribution is 6.29. The van der Waals surface area contributed by atoms with E-state index in [0.717, 1.165) is 11.3 Å². The summed E-state index contributed by atoms with van der Waals surface area (Å²) in [6.07, 6.45) is 3.41. The molecule has 3 nitrogen and oxygen atoms in total. The van der Waals surface area contributed by atoms with Crippen LogP contribution in [0.2, 0.25) is 0 Å². The fourth-order valence-corrected chi connectivity index (χ4v) is 1.73. The van der Waals surface area contributed by atoms with Crippen LogP contribution in [0, 0.1) is 0 Å². The molecule has 0 radical (unpaired) electrons. The van der Waals surface area contributed by atoms with Gasteiger partial charge in [0, 0.05) is 19.8 Å². The van der Waals surface area contributed by atoms with Crippen LogP contribution in [-0.4, -0.2) is 24.1 Å². The fraction of sp³-hybridized carbons (Fsp3) is 0.231. The van der Waals surface area contributed by atoms with Crippen LogP contribution in [0.25, 0.3) is 0 Å². The predicted molar refractivity (Wildman–Crippen MR) is 74.2 cm³/mol. The normalized spacial score (nSPS) is 11.6. The Bertz CT molecular complexity index is 413. The third-order valence-electron chi connectivity index (χ3n) is 2.36. The number of rotatable bonds is 5. The monoisotopic (exact) mass is 251 g/mol. The third-order valence-corrected chi connectivity index (χ3v) is 2.68. The second-order valence-electron chi connectivity index (χ2n) is 3.83. The summed E-state index contributed by atoms with van der Waals surface area (Å²) in [5.41, 5.74) is 7.72. The van der Waals surface area contributed by atoms with Crippen LogP contribution < -0.4 is 5.73 Å². The summed E-state index contributed by atoms with van der Waals surface area (Å²) in [6.45, 7) is 4.26. The molecule has 0 aromatic heterocycles. The van der Waals surface area contributed by atoms with Crippen molar-refractivity contribution in [1.29, 1.82) is 0 Å². The van der Waals surface area contributed by atoms with Gasteiger partial charge in [-0.25, -0.2) is 5.01 Å². The molecule has 0 aliphatic rings. The summed E-state index contributed by atoms with van der Waals surface area (Å²) in [7, 11) is 3.86. The Kier molecular flexibility index (Phi) is 5.07. The summed E-state index contributed by atoms with van der Waals surface area (Å²) in [6, 6.07) is 7.75. The molecule has 92 valence electrons. The molecule has 0 aliphatic carbocycles. The van der Waals surface area contributed by atoms with Crippen molar-refractivity contribution in [2.75, 3.05) is 19.8 Å². The number of anilines is 1. The number of para-hydroxylation sites is 1. The number of hydrazine groups is 1. The molecule has 4 heteroatoms. The van der Waals surface area contributed by atoms with Crippen LogP contribution in [0.15, 0.2) is 48.2 Å². The Morgan fingerprint density at radius 3 is 2.59 bits per heavy atom. The average molecular weight is 252 g/mol. The van der Waals surface area contributed by atoms with E-state index >= 15 is 0 Å². The minimum absolute atomic E-state index is 0.605. The average Bonchev–Trinajstić information content (AvgIpc) is 2.27. The van der Waals surface area contributed by atoms with E-state index in [1.807, 2.05) is 48.4 Å². The van der Waals surface area contributed by atoms with Gasteiger partial charge in [-0.15, -0.1) is 0 Å². The van der Waals surface area contributed by atoms with E-state index in [1.165, 1.54) is 0 Å². The number of nitrogens with zero attached hydrogens (tertiary/aromatic N) is 2. The maximum Gasteiger partial charge on any atom is 0.119 e. The second kappa shape index (κ2) is 6.33. The van der Waals surface area contributed by atoms with Gasteiger partial charge in [0.2, 0.25) is 0 Å². The van der Waals surface area contributed by atoms with Crippen LogP contribution in [0.1, 0.15) is 5.56 Å². The summed E-state index contributed by atoms with van der Waals surface area (Å²) in [5.74, 6) is 0. The number of allylic oxidation sites excluding steroid dienone is 2. The van der Waals surface area contributed by atoms with E-state index in [9.17, 15) is 0 Å². The summed E-state index contributed by atoms with van der Waals surface area (Å²) < 4.78 is 0. The Morgan fingerprint density at radius 1 is 1.41 bits per heavy atom. The van der Waals surface area contributed by atoms with Gasteiger partial charge in [0.25, 0.3) is 0 Å². The number of halogens is 1. The molecule has 0 aliphatic heterocycles. The molecule has 0 saturated carbocycles. The van der Waals surface area contributed by atoms with Crippen LogP contribution >= 0.6 is 11.6 Å². The van der Waals surface area contributed by atoms with Crippen molar-refractivity contribution in [2.24, 2.45) is 0 Å². The van der Waals surface area contributed by atoms with Crippen molar-refractivity contribution in [1.82, 2.24) is 10.0 Å². The lowest BCUT2D eigenvalue weighted by Gasteiger charge is -2.30. The van der Waals surface area contributed by atoms with Gasteiger partial charge in [-0.1, -0.05) is 42.5 Å². The molecule has 0 heterocycles. The lowest BCUT2D eigenvalue weighted by molar-refractivity contribution is 0.0677. The molecule has 0 amide bonds. The zero-order valence-electron chi connectivity index (χ0n) is 10.2. The van der Waals surface area contributed by atoms with Crippen molar-refractivity contribution in [2.45, 2.75) is 6.54 Å². The highest BCUT2D eigenvalue weighted by Crippen LogP contribution is 2.19. The zero-order chi connectivity index (χ0) is 12.8. The van der Waals surface area contributed by atoms with Gasteiger partial charge in [-0.05, 0) is 17.7 Å². The Balaban J connectivity index is 2.92. The topological polar surface area (TPSA) is 32.5 Å². The molecule has 1 aromatic rings. The number of hydrogen-bond acceptors (Lipinski definition) is 3. The van der Waals surface area contributed by atoms with Gasteiger partial charge in [-0.3, -0.25) is 5.01 Å². The Morgan fingerprint density at radius 2 is 2.06 bits per heavy atom. The smallest absolute Gasteiger partial charge is 0.119 e. The maximum absolute atomic E-state index is 6.18. The van der Waals surface area contributed by atoms with Crippen molar-refractivity contribution >= 4 is 17.3 Å². The van der Waals surface area contributed by atoms with Crippen LogP contribution in [0.5, 0.6) is 0 Å². The van der Waals surface area contributed by atoms with E-state index < -0.39 is 0 Å². The molecule has 2 N–H and O–H groups in total. The maximum atomic E-state index is 6.18. The number of nitrogen functional groups attached to an aromatic ring is 1. The number of hydrogen-bond donors (Lipinski definition) is 1. The quantitative estimate of drug-likeness (QED) is 0.378. The predicted octanol–water partition coefficient (Wildman–Crippen LogP) is 2.81. The molecule has 17 heavy (non-hydrogen) atoms. The van der Waals surface area contributed by atoms with Crippen LogP contribution in [0.4, 0.5) is 5.69 Å². The van der Waals surface area contributed by atoms with Gasteiger partial charge < -0.3 is 5.73 Å². The third kappa shape index (κ3) is 3.80. The highest BCUT2D eigenvalue weighted by Gasteiger charge is 2.11. The van der Waals surface area contributed by atoms with Gasteiger partial charge >= 0.3 is 0 Å². The molecule has 0 unspecified atom stereocenters. The van der Waals surface area contributed by atoms with E-state index in [1.54, 1.807) is 12.2 Å².